The van der Waals surface area contributed by atoms with Gasteiger partial charge >= 0.3 is 5.97 Å². The summed E-state index contributed by atoms with van der Waals surface area (Å²) in [7, 11) is -3.48. The molecule has 1 aromatic carbocycles. The van der Waals surface area contributed by atoms with Gasteiger partial charge in [0, 0.05) is 13.1 Å². The van der Waals surface area contributed by atoms with Crippen LogP contribution in [0, 0.1) is 25.2 Å². The largest absolute Gasteiger partial charge is 0.481 e. The molecule has 1 atom stereocenters. The van der Waals surface area contributed by atoms with Crippen LogP contribution in [0.1, 0.15) is 30.4 Å². The first kappa shape index (κ1) is 15.5. The summed E-state index contributed by atoms with van der Waals surface area (Å²) in [6, 6.07) is 5.36. The van der Waals surface area contributed by atoms with Crippen molar-refractivity contribution in [1.82, 2.24) is 4.31 Å². The molecule has 5 nitrogen and oxygen atoms in total. The molecule has 1 N–H and O–H groups in total. The number of aliphatic carboxylic acids is 1. The highest BCUT2D eigenvalue weighted by Gasteiger charge is 2.59. The number of rotatable bonds is 3. The molecule has 0 aromatic heterocycles. The van der Waals surface area contributed by atoms with E-state index in [0.29, 0.717) is 37.2 Å². The van der Waals surface area contributed by atoms with E-state index in [0.717, 1.165) is 11.1 Å². The molecule has 1 saturated carbocycles. The van der Waals surface area contributed by atoms with E-state index in [1.54, 1.807) is 6.07 Å². The second-order valence-electron chi connectivity index (χ2n) is 6.63. The van der Waals surface area contributed by atoms with Gasteiger partial charge < -0.3 is 5.11 Å². The van der Waals surface area contributed by atoms with Gasteiger partial charge in [-0.2, -0.15) is 4.31 Å². The summed E-state index contributed by atoms with van der Waals surface area (Å²) in [6.45, 7) is 4.58. The zero-order valence-electron chi connectivity index (χ0n) is 12.9. The third kappa shape index (κ3) is 2.44. The first-order chi connectivity index (χ1) is 10.3. The number of carboxylic acid groups (broad SMARTS) is 1. The summed E-state index contributed by atoms with van der Waals surface area (Å²) in [6.07, 6.45) is 1.99. The zero-order valence-corrected chi connectivity index (χ0v) is 13.7. The lowest BCUT2D eigenvalue weighted by atomic mass is 9.92. The minimum Gasteiger partial charge on any atom is -0.481 e. The maximum atomic E-state index is 12.8. The van der Waals surface area contributed by atoms with E-state index in [-0.39, 0.29) is 11.3 Å². The van der Waals surface area contributed by atoms with Crippen molar-refractivity contribution in [3.8, 4) is 0 Å². The van der Waals surface area contributed by atoms with Crippen LogP contribution in [0.4, 0.5) is 0 Å². The van der Waals surface area contributed by atoms with Crippen molar-refractivity contribution in [3.05, 3.63) is 29.3 Å². The average Bonchev–Trinajstić information content (AvgIpc) is 3.13. The molecule has 2 aliphatic rings. The van der Waals surface area contributed by atoms with Crippen LogP contribution in [-0.4, -0.2) is 36.9 Å². The number of carboxylic acids is 1. The Balaban J connectivity index is 1.77. The monoisotopic (exact) mass is 323 g/mol. The van der Waals surface area contributed by atoms with E-state index in [4.69, 9.17) is 5.11 Å². The van der Waals surface area contributed by atoms with E-state index in [9.17, 15) is 13.2 Å². The topological polar surface area (TPSA) is 74.7 Å². The molecule has 0 radical (unpaired) electrons. The van der Waals surface area contributed by atoms with Gasteiger partial charge in [0.05, 0.1) is 10.8 Å². The normalized spacial score (nSPS) is 24.4. The summed E-state index contributed by atoms with van der Waals surface area (Å²) < 4.78 is 27.1. The van der Waals surface area contributed by atoms with E-state index in [1.807, 2.05) is 26.0 Å². The fraction of sp³-hybridized carbons (Fsp3) is 0.562. The number of aryl methyl sites for hydroxylation is 2. The first-order valence-corrected chi connectivity index (χ1v) is 9.00. The quantitative estimate of drug-likeness (QED) is 0.925. The van der Waals surface area contributed by atoms with Crippen LogP contribution >= 0.6 is 0 Å². The Labute approximate surface area is 131 Å². The van der Waals surface area contributed by atoms with Gasteiger partial charge in [-0.3, -0.25) is 4.79 Å². The molecule has 3 rings (SSSR count). The summed E-state index contributed by atoms with van der Waals surface area (Å²) in [5, 5.41) is 9.11. The minimum absolute atomic E-state index is 0.153. The minimum atomic E-state index is -3.48. The Bertz CT molecular complexity index is 718. The highest BCUT2D eigenvalue weighted by atomic mass is 32.2. The number of carbonyl (C=O) groups is 1. The van der Waals surface area contributed by atoms with E-state index in [1.165, 1.54) is 4.31 Å². The van der Waals surface area contributed by atoms with Crippen molar-refractivity contribution in [2.75, 3.05) is 13.1 Å². The summed E-state index contributed by atoms with van der Waals surface area (Å²) in [5.41, 5.74) is 1.65. The Kier molecular flexibility index (Phi) is 3.57. The number of sulfonamides is 1. The van der Waals surface area contributed by atoms with Gasteiger partial charge in [-0.05, 0) is 50.2 Å². The van der Waals surface area contributed by atoms with Crippen LogP contribution in [0.5, 0.6) is 0 Å². The molecular weight excluding hydrogens is 302 g/mol. The van der Waals surface area contributed by atoms with Crippen LogP contribution < -0.4 is 0 Å². The molecule has 1 aliphatic heterocycles. The van der Waals surface area contributed by atoms with Crippen LogP contribution in [0.2, 0.25) is 0 Å². The summed E-state index contributed by atoms with van der Waals surface area (Å²) in [4.78, 5) is 11.4. The van der Waals surface area contributed by atoms with E-state index < -0.39 is 16.0 Å². The number of benzene rings is 1. The lowest BCUT2D eigenvalue weighted by molar-refractivity contribution is -0.139. The molecule has 0 bridgehead atoms. The predicted molar refractivity (Wildman–Crippen MR) is 82.1 cm³/mol. The molecule has 1 saturated heterocycles. The van der Waals surface area contributed by atoms with Gasteiger partial charge in [-0.1, -0.05) is 17.7 Å². The van der Waals surface area contributed by atoms with Crippen molar-refractivity contribution in [1.29, 1.82) is 0 Å². The SMILES string of the molecule is Cc1ccc(S(=O)(=O)N2CCC3(CC2)C[C@@H]3C(=O)O)c(C)c1. The third-order valence-electron chi connectivity index (χ3n) is 5.15. The van der Waals surface area contributed by atoms with Crippen molar-refractivity contribution < 1.29 is 18.3 Å². The Morgan fingerprint density at radius 1 is 1.27 bits per heavy atom. The molecule has 1 spiro atoms. The highest BCUT2D eigenvalue weighted by molar-refractivity contribution is 7.89. The van der Waals surface area contributed by atoms with Crippen LogP contribution in [0.15, 0.2) is 23.1 Å². The van der Waals surface area contributed by atoms with E-state index in [2.05, 4.69) is 0 Å². The van der Waals surface area contributed by atoms with E-state index >= 15 is 0 Å². The predicted octanol–water partition coefficient (Wildman–Crippen LogP) is 2.18. The molecule has 1 aliphatic carbocycles. The number of hydrogen-bond donors (Lipinski definition) is 1. The summed E-state index contributed by atoms with van der Waals surface area (Å²) >= 11 is 0. The van der Waals surface area contributed by atoms with Crippen LogP contribution in [0.3, 0.4) is 0 Å². The van der Waals surface area contributed by atoms with Crippen molar-refractivity contribution in [2.45, 2.75) is 38.0 Å². The molecule has 120 valence electrons. The molecular formula is C16H21NO4S. The van der Waals surface area contributed by atoms with Crippen molar-refractivity contribution in [2.24, 2.45) is 11.3 Å². The Morgan fingerprint density at radius 2 is 1.91 bits per heavy atom. The molecule has 6 heteroatoms. The van der Waals surface area contributed by atoms with Crippen molar-refractivity contribution in [3.63, 3.8) is 0 Å². The maximum absolute atomic E-state index is 12.8. The van der Waals surface area contributed by atoms with Gasteiger partial charge in [0.15, 0.2) is 0 Å². The standard InChI is InChI=1S/C16H21NO4S/c1-11-3-4-14(12(2)9-11)22(20,21)17-7-5-16(6-8-17)10-13(16)15(18)19/h3-4,9,13H,5-8,10H2,1-2H3,(H,18,19)/t13-/m1/s1. The molecule has 1 heterocycles. The van der Waals surface area contributed by atoms with Crippen LogP contribution in [-0.2, 0) is 14.8 Å². The number of hydrogen-bond acceptors (Lipinski definition) is 3. The highest BCUT2D eigenvalue weighted by Crippen LogP contribution is 2.59. The van der Waals surface area contributed by atoms with Gasteiger partial charge in [-0.15, -0.1) is 0 Å². The van der Waals surface area contributed by atoms with Gasteiger partial charge in [0.2, 0.25) is 10.0 Å². The van der Waals surface area contributed by atoms with Crippen molar-refractivity contribution >= 4 is 16.0 Å². The molecule has 22 heavy (non-hydrogen) atoms. The molecule has 1 aromatic rings. The molecule has 0 unspecified atom stereocenters. The zero-order chi connectivity index (χ0) is 16.1. The fourth-order valence-corrected chi connectivity index (χ4v) is 5.30. The van der Waals surface area contributed by atoms with Gasteiger partial charge in [-0.25, -0.2) is 8.42 Å². The second kappa shape index (κ2) is 5.06. The lowest BCUT2D eigenvalue weighted by Gasteiger charge is -2.32. The number of nitrogens with zero attached hydrogens (tertiary/aromatic N) is 1. The Hall–Kier alpha value is -1.40. The second-order valence-corrected chi connectivity index (χ2v) is 8.54. The number of piperidine rings is 1. The fourth-order valence-electron chi connectivity index (χ4n) is 3.65. The van der Waals surface area contributed by atoms with Crippen LogP contribution in [0.25, 0.3) is 0 Å². The van der Waals surface area contributed by atoms with Gasteiger partial charge in [0.1, 0.15) is 0 Å². The average molecular weight is 323 g/mol. The van der Waals surface area contributed by atoms with Gasteiger partial charge in [0.25, 0.3) is 0 Å². The third-order valence-corrected chi connectivity index (χ3v) is 7.21. The lowest BCUT2D eigenvalue weighted by Crippen LogP contribution is -2.40. The molecule has 0 amide bonds. The molecule has 2 fully saturated rings. The smallest absolute Gasteiger partial charge is 0.307 e. The maximum Gasteiger partial charge on any atom is 0.307 e. The summed E-state index contributed by atoms with van der Waals surface area (Å²) in [5.74, 6) is -1.02. The Morgan fingerprint density at radius 3 is 2.41 bits per heavy atom. The first-order valence-electron chi connectivity index (χ1n) is 7.56.